The van der Waals surface area contributed by atoms with Crippen molar-refractivity contribution in [2.75, 3.05) is 13.1 Å². The number of aromatic nitrogens is 1. The summed E-state index contributed by atoms with van der Waals surface area (Å²) in [6.45, 7) is 1.28. The Hall–Kier alpha value is -2.07. The van der Waals surface area contributed by atoms with E-state index in [1.165, 1.54) is 0 Å². The van der Waals surface area contributed by atoms with Crippen LogP contribution in [0.4, 0.5) is 0 Å². The quantitative estimate of drug-likeness (QED) is 0.836. The third kappa shape index (κ3) is 3.11. The Morgan fingerprint density at radius 3 is 2.52 bits per heavy atom. The van der Waals surface area contributed by atoms with E-state index in [0.29, 0.717) is 18.1 Å². The number of nitrogens with zero attached hydrogens (tertiary/aromatic N) is 2. The fourth-order valence-corrected chi connectivity index (χ4v) is 4.09. The van der Waals surface area contributed by atoms with Gasteiger partial charge in [0.25, 0.3) is 0 Å². The smallest absolute Gasteiger partial charge is 0.233 e. The van der Waals surface area contributed by atoms with Gasteiger partial charge < -0.3 is 9.64 Å². The van der Waals surface area contributed by atoms with E-state index < -0.39 is 0 Å². The van der Waals surface area contributed by atoms with Gasteiger partial charge in [0.2, 0.25) is 5.91 Å². The predicted molar refractivity (Wildman–Crippen MR) is 96.8 cm³/mol. The third-order valence-electron chi connectivity index (χ3n) is 5.34. The van der Waals surface area contributed by atoms with Gasteiger partial charge in [-0.3, -0.25) is 9.78 Å². The van der Waals surface area contributed by atoms with E-state index in [4.69, 9.17) is 16.3 Å². The Labute approximate surface area is 152 Å². The molecule has 0 unspecified atom stereocenters. The van der Waals surface area contributed by atoms with Crippen LogP contribution in [0.3, 0.4) is 0 Å². The van der Waals surface area contributed by atoms with Crippen LogP contribution in [-0.4, -0.2) is 35.0 Å². The van der Waals surface area contributed by atoms with Crippen LogP contribution >= 0.6 is 11.6 Å². The van der Waals surface area contributed by atoms with Crippen molar-refractivity contribution in [1.82, 2.24) is 9.88 Å². The minimum atomic E-state index is -0.385. The normalized spacial score (nSPS) is 19.5. The number of likely N-dealkylation sites (tertiary alicyclic amines) is 1. The lowest BCUT2D eigenvalue weighted by Gasteiger charge is -2.44. The predicted octanol–water partition coefficient (Wildman–Crippen LogP) is 3.84. The zero-order chi connectivity index (χ0) is 17.3. The summed E-state index contributed by atoms with van der Waals surface area (Å²) >= 11 is 6.02. The number of benzene rings is 1. The first kappa shape index (κ1) is 16.4. The van der Waals surface area contributed by atoms with E-state index in [2.05, 4.69) is 4.98 Å². The van der Waals surface area contributed by atoms with Crippen LogP contribution in [0, 0.1) is 0 Å². The maximum Gasteiger partial charge on any atom is 0.233 e. The molecule has 0 atom stereocenters. The summed E-state index contributed by atoms with van der Waals surface area (Å²) in [5.41, 5.74) is 0.708. The number of ether oxygens (including phenoxy) is 1. The van der Waals surface area contributed by atoms with Crippen molar-refractivity contribution in [3.63, 3.8) is 0 Å². The molecule has 1 saturated heterocycles. The fraction of sp³-hybridized carbons (Fsp3) is 0.400. The summed E-state index contributed by atoms with van der Waals surface area (Å²) in [4.78, 5) is 19.2. The monoisotopic (exact) mass is 356 g/mol. The highest BCUT2D eigenvalue weighted by atomic mass is 35.5. The first-order valence-corrected chi connectivity index (χ1v) is 9.17. The SMILES string of the molecule is O=C(N1CC(Oc2cccnc2)C1)C1(c2ccc(Cl)cc2)CCCC1. The van der Waals surface area contributed by atoms with Gasteiger partial charge in [0.15, 0.2) is 0 Å². The maximum absolute atomic E-state index is 13.3. The molecule has 25 heavy (non-hydrogen) atoms. The Bertz CT molecular complexity index is 736. The molecule has 1 aliphatic carbocycles. The van der Waals surface area contributed by atoms with Crippen LogP contribution in [0.25, 0.3) is 0 Å². The maximum atomic E-state index is 13.3. The molecule has 1 amide bonds. The molecule has 2 heterocycles. The first-order valence-electron chi connectivity index (χ1n) is 8.79. The van der Waals surface area contributed by atoms with E-state index in [-0.39, 0.29) is 17.4 Å². The van der Waals surface area contributed by atoms with Crippen molar-refractivity contribution >= 4 is 17.5 Å². The summed E-state index contributed by atoms with van der Waals surface area (Å²) < 4.78 is 5.87. The Balaban J connectivity index is 1.45. The molecule has 1 saturated carbocycles. The van der Waals surface area contributed by atoms with E-state index in [1.54, 1.807) is 12.4 Å². The highest BCUT2D eigenvalue weighted by Crippen LogP contribution is 2.43. The number of rotatable bonds is 4. The number of pyridine rings is 1. The highest BCUT2D eigenvalue weighted by Gasteiger charge is 2.48. The van der Waals surface area contributed by atoms with Crippen LogP contribution in [0.5, 0.6) is 5.75 Å². The number of hydrogen-bond acceptors (Lipinski definition) is 3. The summed E-state index contributed by atoms with van der Waals surface area (Å²) in [5, 5.41) is 0.707. The van der Waals surface area contributed by atoms with Crippen LogP contribution in [0.1, 0.15) is 31.2 Å². The van der Waals surface area contributed by atoms with Gasteiger partial charge in [0.05, 0.1) is 24.7 Å². The molecule has 0 N–H and O–H groups in total. The zero-order valence-corrected chi connectivity index (χ0v) is 14.8. The van der Waals surface area contributed by atoms with Gasteiger partial charge in [-0.15, -0.1) is 0 Å². The number of halogens is 1. The van der Waals surface area contributed by atoms with Crippen LogP contribution < -0.4 is 4.74 Å². The van der Waals surface area contributed by atoms with Crippen LogP contribution in [-0.2, 0) is 10.2 Å². The Kier molecular flexibility index (Phi) is 4.38. The molecule has 130 valence electrons. The Morgan fingerprint density at radius 1 is 1.16 bits per heavy atom. The second-order valence-electron chi connectivity index (χ2n) is 6.93. The summed E-state index contributed by atoms with van der Waals surface area (Å²) in [7, 11) is 0. The minimum absolute atomic E-state index is 0.0526. The average Bonchev–Trinajstić information content (AvgIpc) is 3.10. The van der Waals surface area contributed by atoms with Crippen molar-refractivity contribution in [3.05, 3.63) is 59.4 Å². The average molecular weight is 357 g/mol. The van der Waals surface area contributed by atoms with Crippen LogP contribution in [0.2, 0.25) is 5.02 Å². The van der Waals surface area contributed by atoms with E-state index in [0.717, 1.165) is 37.0 Å². The lowest BCUT2D eigenvalue weighted by Crippen LogP contribution is -2.60. The molecular weight excluding hydrogens is 336 g/mol. The van der Waals surface area contributed by atoms with Gasteiger partial charge in [-0.2, -0.15) is 0 Å². The lowest BCUT2D eigenvalue weighted by atomic mass is 9.77. The van der Waals surface area contributed by atoms with Crippen LogP contribution in [0.15, 0.2) is 48.8 Å². The van der Waals surface area contributed by atoms with Gasteiger partial charge in [0, 0.05) is 11.2 Å². The first-order chi connectivity index (χ1) is 12.2. The van der Waals surface area contributed by atoms with Gasteiger partial charge in [0.1, 0.15) is 11.9 Å². The van der Waals surface area contributed by atoms with Crippen molar-refractivity contribution in [3.8, 4) is 5.75 Å². The minimum Gasteiger partial charge on any atom is -0.485 e. The topological polar surface area (TPSA) is 42.4 Å². The number of amides is 1. The van der Waals surface area contributed by atoms with E-state index in [1.807, 2.05) is 41.3 Å². The molecule has 2 aliphatic rings. The van der Waals surface area contributed by atoms with Crippen molar-refractivity contribution in [2.24, 2.45) is 0 Å². The Morgan fingerprint density at radius 2 is 1.88 bits per heavy atom. The number of carbonyl (C=O) groups is 1. The highest BCUT2D eigenvalue weighted by molar-refractivity contribution is 6.30. The lowest BCUT2D eigenvalue weighted by molar-refractivity contribution is -0.146. The molecule has 2 fully saturated rings. The molecule has 4 rings (SSSR count). The molecule has 5 heteroatoms. The van der Waals surface area contributed by atoms with E-state index >= 15 is 0 Å². The van der Waals surface area contributed by atoms with Gasteiger partial charge in [-0.1, -0.05) is 36.6 Å². The molecule has 1 aromatic heterocycles. The molecule has 0 radical (unpaired) electrons. The zero-order valence-electron chi connectivity index (χ0n) is 14.0. The van der Waals surface area contributed by atoms with Gasteiger partial charge in [-0.25, -0.2) is 0 Å². The summed E-state index contributed by atoms with van der Waals surface area (Å²) in [6.07, 6.45) is 7.50. The fourth-order valence-electron chi connectivity index (χ4n) is 3.96. The second kappa shape index (κ2) is 6.68. The molecule has 0 spiro atoms. The molecule has 1 aliphatic heterocycles. The van der Waals surface area contributed by atoms with Crippen molar-refractivity contribution in [1.29, 1.82) is 0 Å². The second-order valence-corrected chi connectivity index (χ2v) is 7.37. The summed E-state index contributed by atoms with van der Waals surface area (Å²) in [6, 6.07) is 11.5. The van der Waals surface area contributed by atoms with Gasteiger partial charge in [-0.05, 0) is 42.7 Å². The largest absolute Gasteiger partial charge is 0.485 e. The van der Waals surface area contributed by atoms with Gasteiger partial charge >= 0.3 is 0 Å². The van der Waals surface area contributed by atoms with Crippen molar-refractivity contribution in [2.45, 2.75) is 37.2 Å². The third-order valence-corrected chi connectivity index (χ3v) is 5.59. The number of hydrogen-bond donors (Lipinski definition) is 0. The molecule has 4 nitrogen and oxygen atoms in total. The van der Waals surface area contributed by atoms with E-state index in [9.17, 15) is 4.79 Å². The summed E-state index contributed by atoms with van der Waals surface area (Å²) in [5.74, 6) is 0.992. The molecule has 2 aromatic rings. The molecule has 1 aromatic carbocycles. The molecule has 0 bridgehead atoms. The molecular formula is C20H21ClN2O2. The van der Waals surface area contributed by atoms with Crippen molar-refractivity contribution < 1.29 is 9.53 Å². The number of carbonyl (C=O) groups excluding carboxylic acids is 1. The standard InChI is InChI=1S/C20H21ClN2O2/c21-16-7-5-15(6-8-16)20(9-1-2-10-20)19(24)23-13-18(14-23)25-17-4-3-11-22-12-17/h3-8,11-12,18H,1-2,9-10,13-14H2.